The van der Waals surface area contributed by atoms with E-state index in [1.807, 2.05) is 22.7 Å². The van der Waals surface area contributed by atoms with Gasteiger partial charge in [-0.2, -0.15) is 0 Å². The second-order valence-corrected chi connectivity index (χ2v) is 13.1. The van der Waals surface area contributed by atoms with Crippen LogP contribution in [0, 0.1) is 0 Å². The van der Waals surface area contributed by atoms with E-state index in [-0.39, 0.29) is 0 Å². The van der Waals surface area contributed by atoms with Crippen molar-refractivity contribution in [1.29, 1.82) is 0 Å². The van der Waals surface area contributed by atoms with Gasteiger partial charge in [0.15, 0.2) is 0 Å². The normalized spacial score (nSPS) is 11.6. The van der Waals surface area contributed by atoms with Crippen LogP contribution in [0.1, 0.15) is 0 Å². The molecule has 0 N–H and O–H groups in total. The highest BCUT2D eigenvalue weighted by atomic mass is 32.1. The number of para-hydroxylation sites is 3. The van der Waals surface area contributed by atoms with Crippen LogP contribution in [0.4, 0.5) is 17.1 Å². The summed E-state index contributed by atoms with van der Waals surface area (Å²) in [6, 6.07) is 56.9. The summed E-state index contributed by atoms with van der Waals surface area (Å²) in [5.41, 5.74) is 8.41. The van der Waals surface area contributed by atoms with E-state index in [1.165, 1.54) is 63.1 Å². The summed E-state index contributed by atoms with van der Waals surface area (Å²) in [7, 11) is 0. The largest absolute Gasteiger partial charge is 0.309 e. The molecular formula is C40H26N2S2. The summed E-state index contributed by atoms with van der Waals surface area (Å²) in [6.07, 6.45) is 0. The molecule has 0 spiro atoms. The van der Waals surface area contributed by atoms with Gasteiger partial charge in [-0.15, -0.1) is 22.7 Å². The predicted octanol–water partition coefficient (Wildman–Crippen LogP) is 12.3. The van der Waals surface area contributed by atoms with E-state index >= 15 is 0 Å². The smallest absolute Gasteiger partial charge is 0.0655 e. The van der Waals surface area contributed by atoms with Crippen molar-refractivity contribution < 1.29 is 0 Å². The van der Waals surface area contributed by atoms with Crippen LogP contribution < -0.4 is 4.90 Å². The van der Waals surface area contributed by atoms with Gasteiger partial charge in [-0.3, -0.25) is 0 Å². The van der Waals surface area contributed by atoms with Crippen LogP contribution in [0.5, 0.6) is 0 Å². The molecule has 0 saturated heterocycles. The molecule has 6 aromatic carbocycles. The van der Waals surface area contributed by atoms with Crippen molar-refractivity contribution in [1.82, 2.24) is 4.57 Å². The van der Waals surface area contributed by atoms with E-state index in [0.717, 1.165) is 11.4 Å². The molecule has 0 aliphatic rings. The van der Waals surface area contributed by atoms with Crippen LogP contribution in [0.15, 0.2) is 158 Å². The van der Waals surface area contributed by atoms with Crippen LogP contribution in [0.2, 0.25) is 0 Å². The average Bonchev–Trinajstić information content (AvgIpc) is 3.77. The number of thiophene rings is 2. The molecule has 3 heterocycles. The molecule has 4 heteroatoms. The van der Waals surface area contributed by atoms with Crippen molar-refractivity contribution >= 4 is 81.0 Å². The zero-order valence-corrected chi connectivity index (χ0v) is 25.4. The molecule has 0 aliphatic carbocycles. The van der Waals surface area contributed by atoms with Gasteiger partial charge in [-0.1, -0.05) is 97.1 Å². The van der Waals surface area contributed by atoms with Crippen molar-refractivity contribution in [3.05, 3.63) is 158 Å². The van der Waals surface area contributed by atoms with Gasteiger partial charge in [0.2, 0.25) is 0 Å². The Morgan fingerprint density at radius 3 is 1.93 bits per heavy atom. The zero-order valence-electron chi connectivity index (χ0n) is 23.7. The van der Waals surface area contributed by atoms with Crippen LogP contribution in [0.3, 0.4) is 0 Å². The Labute approximate surface area is 263 Å². The SMILES string of the molecule is c1ccc(N(c2ccc(-c3cc4c(s3)c3ccccc3n4-c3ccccc3)cc2)c2cccc3c2sc2ccccc23)cc1. The number of nitrogens with zero attached hydrogens (tertiary/aromatic N) is 2. The van der Waals surface area contributed by atoms with Gasteiger partial charge in [0.05, 0.1) is 26.1 Å². The Bertz CT molecular complexity index is 2430. The first kappa shape index (κ1) is 25.3. The molecule has 9 rings (SSSR count). The molecule has 0 fully saturated rings. The fourth-order valence-corrected chi connectivity index (χ4v) is 8.80. The Morgan fingerprint density at radius 1 is 0.455 bits per heavy atom. The summed E-state index contributed by atoms with van der Waals surface area (Å²) in [6.45, 7) is 0. The summed E-state index contributed by atoms with van der Waals surface area (Å²) in [5, 5.41) is 3.91. The molecular weight excluding hydrogens is 573 g/mol. The van der Waals surface area contributed by atoms with Crippen LogP contribution in [0.25, 0.3) is 57.4 Å². The molecule has 0 atom stereocenters. The number of rotatable bonds is 5. The van der Waals surface area contributed by atoms with Gasteiger partial charge >= 0.3 is 0 Å². The lowest BCUT2D eigenvalue weighted by molar-refractivity contribution is 1.18. The van der Waals surface area contributed by atoms with Gasteiger partial charge in [-0.25, -0.2) is 0 Å². The quantitative estimate of drug-likeness (QED) is 0.191. The van der Waals surface area contributed by atoms with Crippen LogP contribution in [-0.2, 0) is 0 Å². The number of benzene rings is 6. The monoisotopic (exact) mass is 598 g/mol. The van der Waals surface area contributed by atoms with E-state index < -0.39 is 0 Å². The summed E-state index contributed by atoms with van der Waals surface area (Å²) < 4.78 is 6.33. The Kier molecular flexibility index (Phi) is 5.90. The Hall–Kier alpha value is -5.16. The summed E-state index contributed by atoms with van der Waals surface area (Å²) in [5.74, 6) is 0. The molecule has 0 aliphatic heterocycles. The molecule has 0 radical (unpaired) electrons. The molecule has 44 heavy (non-hydrogen) atoms. The molecule has 0 amide bonds. The van der Waals surface area contributed by atoms with E-state index in [1.54, 1.807) is 0 Å². The average molecular weight is 599 g/mol. The first-order valence-corrected chi connectivity index (χ1v) is 16.4. The fourth-order valence-electron chi connectivity index (χ4n) is 6.42. The summed E-state index contributed by atoms with van der Waals surface area (Å²) in [4.78, 5) is 3.67. The third-order valence-electron chi connectivity index (χ3n) is 8.41. The first-order chi connectivity index (χ1) is 21.8. The molecule has 0 bridgehead atoms. The third kappa shape index (κ3) is 3.99. The lowest BCUT2D eigenvalue weighted by Gasteiger charge is -2.26. The number of aromatic nitrogens is 1. The number of fused-ring (bicyclic) bond motifs is 6. The van der Waals surface area contributed by atoms with E-state index in [2.05, 4.69) is 167 Å². The van der Waals surface area contributed by atoms with Gasteiger partial charge in [0.25, 0.3) is 0 Å². The van der Waals surface area contributed by atoms with Crippen molar-refractivity contribution in [2.75, 3.05) is 4.90 Å². The van der Waals surface area contributed by atoms with E-state index in [4.69, 9.17) is 0 Å². The Morgan fingerprint density at radius 2 is 1.11 bits per heavy atom. The van der Waals surface area contributed by atoms with Gasteiger partial charge in [0, 0.05) is 42.8 Å². The van der Waals surface area contributed by atoms with Gasteiger partial charge in [-0.05, 0) is 66.2 Å². The fraction of sp³-hybridized carbons (Fsp3) is 0. The standard InChI is InChI=1S/C40H26N2S2/c1-3-12-28(13-4-1)41(35-20-11-18-32-31-16-8-10-21-37(31)43-39(32)35)30-24-22-27(23-25-30)38-26-36-40(44-38)33-17-7-9-19-34(33)42(36)29-14-5-2-6-15-29/h1-26H. The maximum atomic E-state index is 2.39. The molecule has 3 aromatic heterocycles. The maximum absolute atomic E-state index is 2.39. The number of hydrogen-bond acceptors (Lipinski definition) is 3. The maximum Gasteiger partial charge on any atom is 0.0655 e. The molecule has 2 nitrogen and oxygen atoms in total. The number of anilines is 3. The molecule has 0 unspecified atom stereocenters. The van der Waals surface area contributed by atoms with Gasteiger partial charge < -0.3 is 9.47 Å². The third-order valence-corrected chi connectivity index (χ3v) is 10.8. The van der Waals surface area contributed by atoms with Crippen molar-refractivity contribution in [3.63, 3.8) is 0 Å². The highest BCUT2D eigenvalue weighted by Crippen LogP contribution is 2.46. The summed E-state index contributed by atoms with van der Waals surface area (Å²) >= 11 is 3.74. The zero-order chi connectivity index (χ0) is 29.0. The van der Waals surface area contributed by atoms with Crippen LogP contribution >= 0.6 is 22.7 Å². The molecule has 0 saturated carbocycles. The predicted molar refractivity (Wildman–Crippen MR) is 192 cm³/mol. The lowest BCUT2D eigenvalue weighted by atomic mass is 10.1. The van der Waals surface area contributed by atoms with Crippen LogP contribution in [-0.4, -0.2) is 4.57 Å². The van der Waals surface area contributed by atoms with E-state index in [9.17, 15) is 0 Å². The lowest BCUT2D eigenvalue weighted by Crippen LogP contribution is -2.09. The topological polar surface area (TPSA) is 8.17 Å². The van der Waals surface area contributed by atoms with Gasteiger partial charge in [0.1, 0.15) is 0 Å². The highest BCUT2D eigenvalue weighted by molar-refractivity contribution is 7.26. The minimum absolute atomic E-state index is 1.14. The highest BCUT2D eigenvalue weighted by Gasteiger charge is 2.19. The molecule has 208 valence electrons. The first-order valence-electron chi connectivity index (χ1n) is 14.8. The molecule has 9 aromatic rings. The van der Waals surface area contributed by atoms with Crippen molar-refractivity contribution in [2.45, 2.75) is 0 Å². The second-order valence-electron chi connectivity index (χ2n) is 11.0. The second kappa shape index (κ2) is 10.2. The number of hydrogen-bond donors (Lipinski definition) is 0. The van der Waals surface area contributed by atoms with Crippen molar-refractivity contribution in [3.8, 4) is 16.1 Å². The minimum atomic E-state index is 1.14. The Balaban J connectivity index is 1.18. The van der Waals surface area contributed by atoms with Crippen molar-refractivity contribution in [2.24, 2.45) is 0 Å². The minimum Gasteiger partial charge on any atom is -0.309 e. The van der Waals surface area contributed by atoms with E-state index in [0.29, 0.717) is 0 Å².